The molecule has 0 radical (unpaired) electrons. The molecular formula is C25H28N4O3S. The molecule has 1 unspecified atom stereocenters. The van der Waals surface area contributed by atoms with Crippen molar-refractivity contribution in [3.8, 4) is 0 Å². The summed E-state index contributed by atoms with van der Waals surface area (Å²) in [6, 6.07) is 11.4. The number of nitrogens with one attached hydrogen (secondary N) is 2. The summed E-state index contributed by atoms with van der Waals surface area (Å²) in [6.07, 6.45) is 5.10. The van der Waals surface area contributed by atoms with E-state index < -0.39 is 5.69 Å². The van der Waals surface area contributed by atoms with Gasteiger partial charge in [0.2, 0.25) is 0 Å². The normalized spacial score (nSPS) is 17.7. The van der Waals surface area contributed by atoms with Crippen molar-refractivity contribution in [1.29, 1.82) is 0 Å². The van der Waals surface area contributed by atoms with Gasteiger partial charge in [-0.3, -0.25) is 19.1 Å². The van der Waals surface area contributed by atoms with Gasteiger partial charge < -0.3 is 10.2 Å². The van der Waals surface area contributed by atoms with Gasteiger partial charge in [0.15, 0.2) is 0 Å². The van der Waals surface area contributed by atoms with Crippen LogP contribution in [0.1, 0.15) is 44.9 Å². The van der Waals surface area contributed by atoms with Gasteiger partial charge in [-0.2, -0.15) is 0 Å². The quantitative estimate of drug-likeness (QED) is 0.603. The lowest BCUT2D eigenvalue weighted by molar-refractivity contribution is 0.0665. The Bertz CT molecular complexity index is 1270. The third-order valence-corrected chi connectivity index (χ3v) is 7.58. The number of anilines is 2. The van der Waals surface area contributed by atoms with Crippen LogP contribution in [0.2, 0.25) is 0 Å². The van der Waals surface area contributed by atoms with Crippen LogP contribution in [0.4, 0.5) is 11.5 Å². The molecule has 5 rings (SSSR count). The molecule has 0 spiro atoms. The minimum absolute atomic E-state index is 0.0351. The molecule has 2 aliphatic rings. The number of carbonyl (C=O) groups excluding carboxylic acids is 1. The van der Waals surface area contributed by atoms with Gasteiger partial charge >= 0.3 is 5.69 Å². The largest absolute Gasteiger partial charge is 0.342 e. The first kappa shape index (κ1) is 21.7. The first-order valence-electron chi connectivity index (χ1n) is 11.5. The van der Waals surface area contributed by atoms with Crippen molar-refractivity contribution in [3.63, 3.8) is 0 Å². The fourth-order valence-corrected chi connectivity index (χ4v) is 5.76. The van der Waals surface area contributed by atoms with E-state index in [9.17, 15) is 14.4 Å². The highest BCUT2D eigenvalue weighted by Gasteiger charge is 2.26. The molecule has 0 bridgehead atoms. The zero-order valence-electron chi connectivity index (χ0n) is 18.7. The van der Waals surface area contributed by atoms with Crippen molar-refractivity contribution in [2.45, 2.75) is 45.6 Å². The maximum absolute atomic E-state index is 12.8. The third kappa shape index (κ3) is 4.66. The number of H-pyrrole nitrogens is 1. The van der Waals surface area contributed by atoms with Gasteiger partial charge in [-0.25, -0.2) is 4.79 Å². The highest BCUT2D eigenvalue weighted by Crippen LogP contribution is 2.26. The minimum atomic E-state index is -0.427. The van der Waals surface area contributed by atoms with Crippen molar-refractivity contribution in [1.82, 2.24) is 14.5 Å². The summed E-state index contributed by atoms with van der Waals surface area (Å²) in [7, 11) is 0. The monoisotopic (exact) mass is 464 g/mol. The number of carbonyl (C=O) groups is 1. The minimum Gasteiger partial charge on any atom is -0.342 e. The first-order valence-corrected chi connectivity index (χ1v) is 12.4. The van der Waals surface area contributed by atoms with Crippen LogP contribution >= 0.6 is 11.3 Å². The number of piperidine rings is 1. The zero-order valence-corrected chi connectivity index (χ0v) is 19.5. The van der Waals surface area contributed by atoms with E-state index in [4.69, 9.17) is 0 Å². The molecule has 1 amide bonds. The molecule has 33 heavy (non-hydrogen) atoms. The molecule has 1 aliphatic carbocycles. The van der Waals surface area contributed by atoms with Crippen LogP contribution in [0, 0.1) is 12.8 Å². The summed E-state index contributed by atoms with van der Waals surface area (Å²) in [5.41, 5.74) is 2.81. The Hall–Kier alpha value is -3.13. The van der Waals surface area contributed by atoms with Gasteiger partial charge in [0, 0.05) is 36.3 Å². The van der Waals surface area contributed by atoms with E-state index in [1.807, 2.05) is 30.0 Å². The third-order valence-electron chi connectivity index (χ3n) is 6.60. The van der Waals surface area contributed by atoms with Crippen LogP contribution in [0.5, 0.6) is 0 Å². The van der Waals surface area contributed by atoms with Crippen LogP contribution < -0.4 is 16.6 Å². The SMILES string of the molecule is Cc1ccc(C(=O)N2CCCC(Cn3c(=O)cc(Nc4ccc5c(c4)CCC5)[nH]c3=O)C2)s1. The summed E-state index contributed by atoms with van der Waals surface area (Å²) < 4.78 is 1.25. The van der Waals surface area contributed by atoms with Gasteiger partial charge in [-0.1, -0.05) is 6.07 Å². The lowest BCUT2D eigenvalue weighted by Gasteiger charge is -2.32. The topological polar surface area (TPSA) is 87.2 Å². The molecule has 1 atom stereocenters. The highest BCUT2D eigenvalue weighted by molar-refractivity contribution is 7.13. The second-order valence-electron chi connectivity index (χ2n) is 9.07. The van der Waals surface area contributed by atoms with Gasteiger partial charge in [-0.05, 0) is 80.3 Å². The number of thiophene rings is 1. The van der Waals surface area contributed by atoms with Gasteiger partial charge in [0.1, 0.15) is 5.82 Å². The Morgan fingerprint density at radius 2 is 1.97 bits per heavy atom. The second-order valence-corrected chi connectivity index (χ2v) is 10.4. The number of hydrogen-bond donors (Lipinski definition) is 2. The number of aromatic amines is 1. The van der Waals surface area contributed by atoms with E-state index in [-0.39, 0.29) is 17.4 Å². The molecule has 2 N–H and O–H groups in total. The average molecular weight is 465 g/mol. The maximum Gasteiger partial charge on any atom is 0.329 e. The number of fused-ring (bicyclic) bond motifs is 1. The molecule has 1 aromatic carbocycles. The van der Waals surface area contributed by atoms with Crippen LogP contribution in [0.3, 0.4) is 0 Å². The number of nitrogens with zero attached hydrogens (tertiary/aromatic N) is 2. The number of aromatic nitrogens is 2. The summed E-state index contributed by atoms with van der Waals surface area (Å²) in [5, 5.41) is 3.17. The van der Waals surface area contributed by atoms with Crippen molar-refractivity contribution < 1.29 is 4.79 Å². The lowest BCUT2D eigenvalue weighted by atomic mass is 9.97. The number of likely N-dealkylation sites (tertiary alicyclic amines) is 1. The Morgan fingerprint density at radius 3 is 2.76 bits per heavy atom. The van der Waals surface area contributed by atoms with E-state index in [0.717, 1.165) is 41.1 Å². The van der Waals surface area contributed by atoms with Crippen LogP contribution in [-0.2, 0) is 19.4 Å². The molecule has 1 saturated heterocycles. The summed E-state index contributed by atoms with van der Waals surface area (Å²) in [5.74, 6) is 0.499. The summed E-state index contributed by atoms with van der Waals surface area (Å²) >= 11 is 1.50. The smallest absolute Gasteiger partial charge is 0.329 e. The Labute approximate surface area is 196 Å². The van der Waals surface area contributed by atoms with Gasteiger partial charge in [0.05, 0.1) is 4.88 Å². The molecule has 0 saturated carbocycles. The van der Waals surface area contributed by atoms with Crippen molar-refractivity contribution >= 4 is 28.7 Å². The predicted molar refractivity (Wildman–Crippen MR) is 131 cm³/mol. The van der Waals surface area contributed by atoms with E-state index in [0.29, 0.717) is 25.5 Å². The standard InChI is InChI=1S/C25H28N4O3S/c1-16-7-10-21(33-16)24(31)28-11-3-4-17(14-28)15-29-23(30)13-22(27-25(29)32)26-20-9-8-18-5-2-6-19(18)12-20/h7-10,12-13,17,26H,2-6,11,14-15H2,1H3,(H,27,32). The van der Waals surface area contributed by atoms with Crippen molar-refractivity contribution in [2.24, 2.45) is 5.92 Å². The van der Waals surface area contributed by atoms with Gasteiger partial charge in [-0.15, -0.1) is 11.3 Å². The highest BCUT2D eigenvalue weighted by atomic mass is 32.1. The Morgan fingerprint density at radius 1 is 1.12 bits per heavy atom. The second kappa shape index (κ2) is 9.02. The fourth-order valence-electron chi connectivity index (χ4n) is 4.93. The summed E-state index contributed by atoms with van der Waals surface area (Å²) in [6.45, 7) is 3.56. The van der Waals surface area contributed by atoms with Crippen molar-refractivity contribution in [2.75, 3.05) is 18.4 Å². The molecule has 1 aliphatic heterocycles. The molecule has 3 aromatic rings. The Kier molecular flexibility index (Phi) is 5.93. The first-order chi connectivity index (χ1) is 16.0. The zero-order chi connectivity index (χ0) is 22.9. The number of aryl methyl sites for hydroxylation is 3. The van der Waals surface area contributed by atoms with E-state index in [1.54, 1.807) is 0 Å². The van der Waals surface area contributed by atoms with Crippen molar-refractivity contribution in [3.05, 3.63) is 78.1 Å². The average Bonchev–Trinajstić information content (AvgIpc) is 3.44. The molecule has 8 heteroatoms. The molecule has 3 heterocycles. The van der Waals surface area contributed by atoms with E-state index in [1.165, 1.54) is 39.5 Å². The number of hydrogen-bond acceptors (Lipinski definition) is 5. The summed E-state index contributed by atoms with van der Waals surface area (Å²) in [4.78, 5) is 44.8. The molecular weight excluding hydrogens is 436 g/mol. The number of amides is 1. The Balaban J connectivity index is 1.28. The predicted octanol–water partition coefficient (Wildman–Crippen LogP) is 3.69. The molecule has 7 nitrogen and oxygen atoms in total. The van der Waals surface area contributed by atoms with E-state index in [2.05, 4.69) is 22.4 Å². The molecule has 1 fully saturated rings. The molecule has 2 aromatic heterocycles. The number of benzene rings is 1. The van der Waals surface area contributed by atoms with Crippen LogP contribution in [-0.4, -0.2) is 33.4 Å². The van der Waals surface area contributed by atoms with Crippen LogP contribution in [0.25, 0.3) is 0 Å². The van der Waals surface area contributed by atoms with Gasteiger partial charge in [0.25, 0.3) is 11.5 Å². The maximum atomic E-state index is 12.8. The van der Waals surface area contributed by atoms with Crippen LogP contribution in [0.15, 0.2) is 46.0 Å². The number of rotatable bonds is 5. The fraction of sp³-hybridized carbons (Fsp3) is 0.400. The van der Waals surface area contributed by atoms with E-state index >= 15 is 0 Å². The molecule has 172 valence electrons. The lowest BCUT2D eigenvalue weighted by Crippen LogP contribution is -2.44.